The van der Waals surface area contributed by atoms with Gasteiger partial charge in [0.2, 0.25) is 0 Å². The zero-order valence-corrected chi connectivity index (χ0v) is 8.29. The van der Waals surface area contributed by atoms with Gasteiger partial charge in [0.15, 0.2) is 0 Å². The molecule has 2 heteroatoms. The molecule has 0 aliphatic heterocycles. The Morgan fingerprint density at radius 3 is 2.71 bits per heavy atom. The first-order valence-electron chi connectivity index (χ1n) is 5.37. The van der Waals surface area contributed by atoms with Crippen LogP contribution < -0.4 is 11.5 Å². The first-order chi connectivity index (χ1) is 6.74. The smallest absolute Gasteiger partial charge is 0.0355 e. The molecule has 1 aromatic rings. The summed E-state index contributed by atoms with van der Waals surface area (Å²) in [5.74, 6) is 0. The molecule has 3 rings (SSSR count). The van der Waals surface area contributed by atoms with E-state index in [1.165, 1.54) is 30.4 Å². The lowest BCUT2D eigenvalue weighted by Crippen LogP contribution is -2.47. The highest BCUT2D eigenvalue weighted by Gasteiger charge is 2.49. The average molecular weight is 188 g/mol. The molecule has 1 unspecified atom stereocenters. The van der Waals surface area contributed by atoms with Crippen molar-refractivity contribution in [2.75, 3.05) is 5.73 Å². The molecule has 0 saturated heterocycles. The van der Waals surface area contributed by atoms with Gasteiger partial charge in [-0.1, -0.05) is 18.6 Å². The van der Waals surface area contributed by atoms with Crippen LogP contribution in [0.2, 0.25) is 0 Å². The standard InChI is InChI=1S/C12H16N2/c13-9-4-1-3-8-7-10(14)12(11(8)9)5-2-6-12/h1,3-4,10H,2,5-7,13-14H2. The van der Waals surface area contributed by atoms with E-state index >= 15 is 0 Å². The van der Waals surface area contributed by atoms with Gasteiger partial charge in [-0.05, 0) is 36.5 Å². The SMILES string of the molecule is Nc1cccc2c1C1(CCC1)C(N)C2. The second kappa shape index (κ2) is 2.51. The Balaban J connectivity index is 2.20. The molecule has 0 heterocycles. The Hall–Kier alpha value is -1.02. The van der Waals surface area contributed by atoms with Gasteiger partial charge in [-0.25, -0.2) is 0 Å². The highest BCUT2D eigenvalue weighted by Crippen LogP contribution is 2.53. The van der Waals surface area contributed by atoms with Gasteiger partial charge >= 0.3 is 0 Å². The molecule has 2 aliphatic carbocycles. The van der Waals surface area contributed by atoms with E-state index in [-0.39, 0.29) is 5.41 Å². The number of rotatable bonds is 0. The molecule has 1 saturated carbocycles. The topological polar surface area (TPSA) is 52.0 Å². The molecule has 4 N–H and O–H groups in total. The molecule has 0 bridgehead atoms. The number of benzene rings is 1. The first kappa shape index (κ1) is 8.30. The number of nitrogens with two attached hydrogens (primary N) is 2. The number of fused-ring (bicyclic) bond motifs is 2. The van der Waals surface area contributed by atoms with Crippen molar-refractivity contribution in [1.82, 2.24) is 0 Å². The van der Waals surface area contributed by atoms with Gasteiger partial charge in [-0.2, -0.15) is 0 Å². The Labute approximate surface area is 84.3 Å². The molecule has 0 radical (unpaired) electrons. The molecule has 0 amide bonds. The largest absolute Gasteiger partial charge is 0.398 e. The van der Waals surface area contributed by atoms with Crippen molar-refractivity contribution in [3.8, 4) is 0 Å². The first-order valence-corrected chi connectivity index (χ1v) is 5.37. The van der Waals surface area contributed by atoms with Crippen LogP contribution in [0.3, 0.4) is 0 Å². The number of hydrogen-bond acceptors (Lipinski definition) is 2. The lowest BCUT2D eigenvalue weighted by molar-refractivity contribution is 0.214. The van der Waals surface area contributed by atoms with Crippen LogP contribution in [0.1, 0.15) is 30.4 Å². The van der Waals surface area contributed by atoms with Crippen molar-refractivity contribution >= 4 is 5.69 Å². The molecule has 2 aliphatic rings. The summed E-state index contributed by atoms with van der Waals surface area (Å²) in [5, 5.41) is 0. The Kier molecular flexibility index (Phi) is 1.49. The van der Waals surface area contributed by atoms with E-state index in [0.29, 0.717) is 6.04 Å². The molecule has 0 aromatic heterocycles. The fourth-order valence-corrected chi connectivity index (χ4v) is 3.19. The van der Waals surface area contributed by atoms with Gasteiger partial charge < -0.3 is 11.5 Å². The summed E-state index contributed by atoms with van der Waals surface area (Å²) < 4.78 is 0. The molecule has 2 nitrogen and oxygen atoms in total. The lowest BCUT2D eigenvalue weighted by Gasteiger charge is -2.43. The Bertz CT molecular complexity index is 380. The summed E-state index contributed by atoms with van der Waals surface area (Å²) in [4.78, 5) is 0. The summed E-state index contributed by atoms with van der Waals surface area (Å²) in [6.45, 7) is 0. The van der Waals surface area contributed by atoms with Crippen molar-refractivity contribution in [3.63, 3.8) is 0 Å². The predicted octanol–water partition coefficient (Wildman–Crippen LogP) is 1.57. The summed E-state index contributed by atoms with van der Waals surface area (Å²) in [5.41, 5.74) is 16.3. The van der Waals surface area contributed by atoms with Gasteiger partial charge in [0.05, 0.1) is 0 Å². The highest BCUT2D eigenvalue weighted by molar-refractivity contribution is 5.59. The summed E-state index contributed by atoms with van der Waals surface area (Å²) in [6.07, 6.45) is 4.78. The third-order valence-corrected chi connectivity index (χ3v) is 4.08. The zero-order valence-electron chi connectivity index (χ0n) is 8.29. The van der Waals surface area contributed by atoms with E-state index in [4.69, 9.17) is 11.5 Å². The van der Waals surface area contributed by atoms with Gasteiger partial charge in [0, 0.05) is 17.1 Å². The molecular formula is C12H16N2. The van der Waals surface area contributed by atoms with Crippen LogP contribution in [0, 0.1) is 0 Å². The van der Waals surface area contributed by atoms with Crippen LogP contribution in [0.4, 0.5) is 5.69 Å². The minimum absolute atomic E-state index is 0.251. The van der Waals surface area contributed by atoms with Gasteiger partial charge in [-0.3, -0.25) is 0 Å². The quantitative estimate of drug-likeness (QED) is 0.607. The molecule has 74 valence electrons. The van der Waals surface area contributed by atoms with E-state index in [1.807, 2.05) is 12.1 Å². The van der Waals surface area contributed by atoms with Crippen LogP contribution in [-0.2, 0) is 11.8 Å². The number of nitrogen functional groups attached to an aromatic ring is 1. The molecule has 1 spiro atoms. The van der Waals surface area contributed by atoms with Crippen LogP contribution in [0.5, 0.6) is 0 Å². The van der Waals surface area contributed by atoms with E-state index in [9.17, 15) is 0 Å². The second-order valence-corrected chi connectivity index (χ2v) is 4.70. The van der Waals surface area contributed by atoms with E-state index < -0.39 is 0 Å². The maximum atomic E-state index is 6.24. The summed E-state index contributed by atoms with van der Waals surface area (Å²) >= 11 is 0. The van der Waals surface area contributed by atoms with Crippen LogP contribution in [0.25, 0.3) is 0 Å². The van der Waals surface area contributed by atoms with Crippen molar-refractivity contribution in [2.45, 2.75) is 37.1 Å². The highest BCUT2D eigenvalue weighted by atomic mass is 14.8. The minimum Gasteiger partial charge on any atom is -0.398 e. The molecule has 1 aromatic carbocycles. The third kappa shape index (κ3) is 0.800. The molecular weight excluding hydrogens is 172 g/mol. The van der Waals surface area contributed by atoms with Crippen molar-refractivity contribution < 1.29 is 0 Å². The maximum absolute atomic E-state index is 6.24. The van der Waals surface area contributed by atoms with Crippen molar-refractivity contribution in [1.29, 1.82) is 0 Å². The lowest BCUT2D eigenvalue weighted by atomic mass is 9.63. The van der Waals surface area contributed by atoms with Crippen LogP contribution in [0.15, 0.2) is 18.2 Å². The second-order valence-electron chi connectivity index (χ2n) is 4.70. The number of hydrogen-bond donors (Lipinski definition) is 2. The molecule has 1 atom stereocenters. The average Bonchev–Trinajstić information content (AvgIpc) is 2.37. The molecule has 1 fully saturated rings. The Morgan fingerprint density at radius 2 is 2.07 bits per heavy atom. The monoisotopic (exact) mass is 188 g/mol. The maximum Gasteiger partial charge on any atom is 0.0355 e. The van der Waals surface area contributed by atoms with Crippen molar-refractivity contribution in [2.24, 2.45) is 5.73 Å². The normalized spacial score (nSPS) is 27.4. The third-order valence-electron chi connectivity index (χ3n) is 4.08. The van der Waals surface area contributed by atoms with Crippen molar-refractivity contribution in [3.05, 3.63) is 29.3 Å². The fraction of sp³-hybridized carbons (Fsp3) is 0.500. The minimum atomic E-state index is 0.251. The predicted molar refractivity (Wildman–Crippen MR) is 58.1 cm³/mol. The summed E-state index contributed by atoms with van der Waals surface area (Å²) in [6, 6.07) is 6.53. The molecule has 14 heavy (non-hydrogen) atoms. The van der Waals surface area contributed by atoms with E-state index in [2.05, 4.69) is 6.07 Å². The Morgan fingerprint density at radius 1 is 1.29 bits per heavy atom. The summed E-state index contributed by atoms with van der Waals surface area (Å²) in [7, 11) is 0. The van der Waals surface area contributed by atoms with Crippen LogP contribution >= 0.6 is 0 Å². The van der Waals surface area contributed by atoms with Gasteiger partial charge in [0.25, 0.3) is 0 Å². The van der Waals surface area contributed by atoms with E-state index in [1.54, 1.807) is 0 Å². The zero-order chi connectivity index (χ0) is 9.76. The van der Waals surface area contributed by atoms with E-state index in [0.717, 1.165) is 12.1 Å². The van der Waals surface area contributed by atoms with Crippen LogP contribution in [-0.4, -0.2) is 6.04 Å². The van der Waals surface area contributed by atoms with Gasteiger partial charge in [-0.15, -0.1) is 0 Å². The number of anilines is 1. The fourth-order valence-electron chi connectivity index (χ4n) is 3.19. The van der Waals surface area contributed by atoms with Gasteiger partial charge in [0.1, 0.15) is 0 Å².